The van der Waals surface area contributed by atoms with Crippen LogP contribution in [-0.2, 0) is 6.54 Å². The molecule has 2 N–H and O–H groups in total. The number of nitrogens with zero attached hydrogens (tertiary/aromatic N) is 2. The van der Waals surface area contributed by atoms with Gasteiger partial charge in [-0.25, -0.2) is 9.78 Å². The minimum atomic E-state index is -0.196. The van der Waals surface area contributed by atoms with Crippen molar-refractivity contribution in [3.63, 3.8) is 0 Å². The molecule has 0 spiro atoms. The summed E-state index contributed by atoms with van der Waals surface area (Å²) in [5.41, 5.74) is 1.06. The molecule has 0 saturated heterocycles. The number of likely N-dealkylation sites (N-methyl/N-ethyl adjacent to an activating group) is 1. The molecule has 1 atom stereocenters. The summed E-state index contributed by atoms with van der Waals surface area (Å²) in [6, 6.07) is -0.384. The second-order valence-corrected chi connectivity index (χ2v) is 5.56. The minimum Gasteiger partial charge on any atom is -0.394 e. The van der Waals surface area contributed by atoms with E-state index in [0.29, 0.717) is 12.5 Å². The Morgan fingerprint density at radius 1 is 1.56 bits per heavy atom. The Balaban J connectivity index is 2.47. The maximum Gasteiger partial charge on any atom is 0.317 e. The van der Waals surface area contributed by atoms with Gasteiger partial charge in [-0.3, -0.25) is 0 Å². The fraction of sp³-hybridized carbons (Fsp3) is 0.667. The van der Waals surface area contributed by atoms with Crippen LogP contribution in [0.5, 0.6) is 0 Å². The van der Waals surface area contributed by atoms with Crippen LogP contribution in [0.25, 0.3) is 0 Å². The summed E-state index contributed by atoms with van der Waals surface area (Å²) in [4.78, 5) is 17.7. The van der Waals surface area contributed by atoms with Gasteiger partial charge in [0, 0.05) is 12.4 Å². The molecule has 1 rings (SSSR count). The number of hydrogen-bond acceptors (Lipinski definition) is 4. The van der Waals surface area contributed by atoms with Gasteiger partial charge < -0.3 is 15.3 Å². The molecule has 0 saturated carbocycles. The highest BCUT2D eigenvalue weighted by Gasteiger charge is 2.14. The van der Waals surface area contributed by atoms with Gasteiger partial charge in [-0.05, 0) is 12.8 Å². The predicted molar refractivity (Wildman–Crippen MR) is 72.7 cm³/mol. The highest BCUT2D eigenvalue weighted by atomic mass is 32.1. The summed E-state index contributed by atoms with van der Waals surface area (Å²) in [5, 5.41) is 14.7. The first-order valence-electron chi connectivity index (χ1n) is 6.01. The van der Waals surface area contributed by atoms with Gasteiger partial charge in [0.25, 0.3) is 0 Å². The summed E-state index contributed by atoms with van der Waals surface area (Å²) < 4.78 is 0. The summed E-state index contributed by atoms with van der Waals surface area (Å²) in [6.07, 6.45) is 0. The summed E-state index contributed by atoms with van der Waals surface area (Å²) >= 11 is 1.55. The lowest BCUT2D eigenvalue weighted by Crippen LogP contribution is -2.43. The van der Waals surface area contributed by atoms with Crippen LogP contribution in [0, 0.1) is 0 Å². The molecule has 0 radical (unpaired) electrons. The van der Waals surface area contributed by atoms with E-state index in [1.807, 2.05) is 5.38 Å². The minimum absolute atomic E-state index is 0.0430. The van der Waals surface area contributed by atoms with Gasteiger partial charge in [0.1, 0.15) is 5.01 Å². The van der Waals surface area contributed by atoms with Gasteiger partial charge in [0.2, 0.25) is 0 Å². The van der Waals surface area contributed by atoms with Gasteiger partial charge >= 0.3 is 6.03 Å². The van der Waals surface area contributed by atoms with E-state index in [4.69, 9.17) is 5.11 Å². The van der Waals surface area contributed by atoms with E-state index in [0.717, 1.165) is 10.7 Å². The molecule has 0 aliphatic carbocycles. The first-order chi connectivity index (χ1) is 8.45. The highest BCUT2D eigenvalue weighted by molar-refractivity contribution is 7.09. The number of nitrogens with one attached hydrogen (secondary N) is 1. The topological polar surface area (TPSA) is 65.5 Å². The zero-order chi connectivity index (χ0) is 13.7. The van der Waals surface area contributed by atoms with Gasteiger partial charge in [-0.15, -0.1) is 11.3 Å². The molecule has 0 fully saturated rings. The molecule has 5 nitrogen and oxygen atoms in total. The Morgan fingerprint density at radius 3 is 2.72 bits per heavy atom. The molecule has 1 aromatic heterocycles. The molecule has 2 amide bonds. The molecular formula is C12H21N3O2S. The van der Waals surface area contributed by atoms with Crippen LogP contribution >= 0.6 is 11.3 Å². The van der Waals surface area contributed by atoms with Crippen LogP contribution in [0.2, 0.25) is 0 Å². The Bertz CT molecular complexity index is 392. The molecule has 0 bridgehead atoms. The van der Waals surface area contributed by atoms with Gasteiger partial charge in [0.05, 0.1) is 24.9 Å². The van der Waals surface area contributed by atoms with Crippen molar-refractivity contribution in [3.8, 4) is 0 Å². The first kappa shape index (κ1) is 14.9. The van der Waals surface area contributed by atoms with E-state index in [9.17, 15) is 4.79 Å². The van der Waals surface area contributed by atoms with E-state index >= 15 is 0 Å². The van der Waals surface area contributed by atoms with Crippen LogP contribution in [0.4, 0.5) is 4.79 Å². The van der Waals surface area contributed by atoms with Crippen molar-refractivity contribution in [1.82, 2.24) is 15.2 Å². The normalized spacial score (nSPS) is 12.6. The number of aliphatic hydroxyl groups is 1. The van der Waals surface area contributed by atoms with E-state index in [2.05, 4.69) is 24.1 Å². The third kappa shape index (κ3) is 3.96. The Labute approximate surface area is 112 Å². The van der Waals surface area contributed by atoms with Crippen LogP contribution in [0.1, 0.15) is 37.4 Å². The number of thiazole rings is 1. The highest BCUT2D eigenvalue weighted by Crippen LogP contribution is 2.17. The number of carbonyl (C=O) groups is 1. The quantitative estimate of drug-likeness (QED) is 0.858. The number of hydrogen-bond donors (Lipinski definition) is 2. The molecule has 1 unspecified atom stereocenters. The average Bonchev–Trinajstić information content (AvgIpc) is 2.82. The second kappa shape index (κ2) is 6.70. The van der Waals surface area contributed by atoms with Crippen LogP contribution < -0.4 is 5.32 Å². The van der Waals surface area contributed by atoms with Crippen molar-refractivity contribution in [2.75, 3.05) is 13.7 Å². The molecule has 0 aromatic carbocycles. The number of carbonyl (C=O) groups excluding carboxylic acids is 1. The number of aliphatic hydroxyl groups excluding tert-OH is 1. The predicted octanol–water partition coefficient (Wildman–Crippen LogP) is 1.79. The Hall–Kier alpha value is -1.14. The van der Waals surface area contributed by atoms with Gasteiger partial charge in [-0.1, -0.05) is 13.8 Å². The molecule has 0 aliphatic heterocycles. The largest absolute Gasteiger partial charge is 0.394 e. The monoisotopic (exact) mass is 271 g/mol. The van der Waals surface area contributed by atoms with E-state index in [1.54, 1.807) is 25.3 Å². The molecule has 6 heteroatoms. The van der Waals surface area contributed by atoms with Crippen molar-refractivity contribution in [2.45, 2.75) is 39.3 Å². The number of amides is 2. The van der Waals surface area contributed by atoms with E-state index < -0.39 is 0 Å². The van der Waals surface area contributed by atoms with E-state index in [-0.39, 0.29) is 18.7 Å². The van der Waals surface area contributed by atoms with Crippen LogP contribution in [0.3, 0.4) is 0 Å². The van der Waals surface area contributed by atoms with Crippen molar-refractivity contribution in [2.24, 2.45) is 0 Å². The van der Waals surface area contributed by atoms with Crippen LogP contribution in [-0.4, -0.2) is 40.7 Å². The standard InChI is InChI=1S/C12H21N3O2S/c1-8(2)10-7-18-11(14-10)5-13-12(17)15(4)9(3)6-16/h7-9,16H,5-6H2,1-4H3,(H,13,17). The third-order valence-corrected chi connectivity index (χ3v) is 3.66. The molecular weight excluding hydrogens is 250 g/mol. The molecule has 1 aromatic rings. The first-order valence-corrected chi connectivity index (χ1v) is 6.89. The fourth-order valence-corrected chi connectivity index (χ4v) is 2.17. The van der Waals surface area contributed by atoms with Crippen molar-refractivity contribution < 1.29 is 9.90 Å². The third-order valence-electron chi connectivity index (χ3n) is 2.80. The summed E-state index contributed by atoms with van der Waals surface area (Å²) in [5.74, 6) is 0.405. The average molecular weight is 271 g/mol. The van der Waals surface area contributed by atoms with E-state index in [1.165, 1.54) is 4.90 Å². The zero-order valence-corrected chi connectivity index (χ0v) is 12.1. The number of urea groups is 1. The van der Waals surface area contributed by atoms with Crippen LogP contribution in [0.15, 0.2) is 5.38 Å². The molecule has 102 valence electrons. The molecule has 1 heterocycles. The number of aromatic nitrogens is 1. The number of rotatable bonds is 5. The van der Waals surface area contributed by atoms with Crippen molar-refractivity contribution in [3.05, 3.63) is 16.1 Å². The van der Waals surface area contributed by atoms with Crippen molar-refractivity contribution in [1.29, 1.82) is 0 Å². The smallest absolute Gasteiger partial charge is 0.317 e. The second-order valence-electron chi connectivity index (χ2n) is 4.62. The Kier molecular flexibility index (Phi) is 5.55. The molecule has 18 heavy (non-hydrogen) atoms. The van der Waals surface area contributed by atoms with Gasteiger partial charge in [-0.2, -0.15) is 0 Å². The maximum absolute atomic E-state index is 11.7. The zero-order valence-electron chi connectivity index (χ0n) is 11.3. The SMILES string of the molecule is CC(C)c1csc(CNC(=O)N(C)C(C)CO)n1. The molecule has 0 aliphatic rings. The van der Waals surface area contributed by atoms with Gasteiger partial charge in [0.15, 0.2) is 0 Å². The maximum atomic E-state index is 11.7. The summed E-state index contributed by atoms with van der Waals surface area (Å²) in [6.45, 7) is 6.36. The lowest BCUT2D eigenvalue weighted by molar-refractivity contribution is 0.157. The van der Waals surface area contributed by atoms with Crippen molar-refractivity contribution >= 4 is 17.4 Å². The lowest BCUT2D eigenvalue weighted by Gasteiger charge is -2.23. The fourth-order valence-electron chi connectivity index (χ4n) is 1.27. The summed E-state index contributed by atoms with van der Waals surface area (Å²) in [7, 11) is 1.66. The Morgan fingerprint density at radius 2 is 2.22 bits per heavy atom. The lowest BCUT2D eigenvalue weighted by atomic mass is 10.2.